The van der Waals surface area contributed by atoms with Gasteiger partial charge in [0.1, 0.15) is 12.0 Å². The van der Waals surface area contributed by atoms with Crippen LogP contribution < -0.4 is 11.1 Å². The minimum Gasteiger partial charge on any atom is -0.395 e. The number of nitrogens with zero attached hydrogens (tertiary/aromatic N) is 3. The summed E-state index contributed by atoms with van der Waals surface area (Å²) in [6, 6.07) is 12.2. The second kappa shape index (κ2) is 8.78. The van der Waals surface area contributed by atoms with E-state index in [1.165, 1.54) is 30.6 Å². The lowest BCUT2D eigenvalue weighted by Gasteiger charge is -2.09. The number of anilines is 1. The van der Waals surface area contributed by atoms with E-state index in [0.29, 0.717) is 11.6 Å². The third-order valence-electron chi connectivity index (χ3n) is 3.80. The van der Waals surface area contributed by atoms with E-state index in [1.807, 2.05) is 0 Å². The number of benzene rings is 2. The van der Waals surface area contributed by atoms with Crippen LogP contribution in [0.1, 0.15) is 15.9 Å². The fraction of sp³-hybridized carbons (Fsp3) is 0.0526. The lowest BCUT2D eigenvalue weighted by atomic mass is 10.1. The van der Waals surface area contributed by atoms with E-state index in [0.717, 1.165) is 0 Å². The van der Waals surface area contributed by atoms with Gasteiger partial charge in [-0.05, 0) is 30.3 Å². The number of carbonyl (C=O) groups is 1. The topological polar surface area (TPSA) is 109 Å². The molecule has 0 spiro atoms. The maximum atomic E-state index is 13.0. The van der Waals surface area contributed by atoms with Crippen molar-refractivity contribution in [1.29, 1.82) is 0 Å². The summed E-state index contributed by atoms with van der Waals surface area (Å²) in [5.41, 5.74) is 4.61. The van der Waals surface area contributed by atoms with E-state index >= 15 is 0 Å². The summed E-state index contributed by atoms with van der Waals surface area (Å²) in [4.78, 5) is 20.2. The summed E-state index contributed by atoms with van der Waals surface area (Å²) < 4.78 is 38.9. The minimum atomic E-state index is -4.72. The highest BCUT2D eigenvalue weighted by Crippen LogP contribution is 2.27. The van der Waals surface area contributed by atoms with Gasteiger partial charge in [-0.25, -0.2) is 10.1 Å². The average molecular weight is 435 g/mol. The van der Waals surface area contributed by atoms with Crippen LogP contribution >= 0.6 is 11.6 Å². The van der Waals surface area contributed by atoms with Gasteiger partial charge >= 0.3 is 6.18 Å². The molecule has 0 atom stereocenters. The first kappa shape index (κ1) is 21.1. The molecule has 3 aromatic rings. The van der Waals surface area contributed by atoms with Gasteiger partial charge in [-0.2, -0.15) is 23.3 Å². The number of hydrogen-bond donors (Lipinski definition) is 3. The van der Waals surface area contributed by atoms with Gasteiger partial charge in [-0.1, -0.05) is 35.9 Å². The Morgan fingerprint density at radius 1 is 1.13 bits per heavy atom. The molecule has 0 saturated heterocycles. The summed E-state index contributed by atoms with van der Waals surface area (Å²) in [6.45, 7) is 0. The Hall–Kier alpha value is -3.66. The van der Waals surface area contributed by atoms with E-state index in [9.17, 15) is 18.0 Å². The first-order valence-corrected chi connectivity index (χ1v) is 8.76. The van der Waals surface area contributed by atoms with Crippen molar-refractivity contribution >= 4 is 34.9 Å². The molecule has 0 radical (unpaired) electrons. The lowest BCUT2D eigenvalue weighted by molar-refractivity contribution is -0.0925. The van der Waals surface area contributed by atoms with E-state index in [-0.39, 0.29) is 27.9 Å². The normalized spacial score (nSPS) is 12.7. The Morgan fingerprint density at radius 3 is 2.40 bits per heavy atom. The molecule has 11 heteroatoms. The van der Waals surface area contributed by atoms with Crippen molar-refractivity contribution in [3.63, 3.8) is 0 Å². The van der Waals surface area contributed by atoms with Crippen LogP contribution in [0.3, 0.4) is 0 Å². The predicted octanol–water partition coefficient (Wildman–Crippen LogP) is 4.24. The van der Waals surface area contributed by atoms with Gasteiger partial charge in [0.05, 0.1) is 16.4 Å². The van der Waals surface area contributed by atoms with Gasteiger partial charge in [-0.3, -0.25) is 10.1 Å². The average Bonchev–Trinajstić information content (AvgIpc) is 3.21. The van der Waals surface area contributed by atoms with Crippen LogP contribution in [-0.4, -0.2) is 33.0 Å². The van der Waals surface area contributed by atoms with Crippen molar-refractivity contribution in [2.75, 3.05) is 5.32 Å². The third kappa shape index (κ3) is 5.23. The van der Waals surface area contributed by atoms with Crippen LogP contribution in [-0.2, 0) is 0 Å². The largest absolute Gasteiger partial charge is 0.430 e. The molecule has 0 aliphatic carbocycles. The van der Waals surface area contributed by atoms with Crippen molar-refractivity contribution in [2.24, 2.45) is 10.7 Å². The zero-order valence-electron chi connectivity index (χ0n) is 15.1. The number of aliphatic imine (C=N–C) groups is 1. The van der Waals surface area contributed by atoms with E-state index in [2.05, 4.69) is 25.5 Å². The Morgan fingerprint density at radius 2 is 1.80 bits per heavy atom. The summed E-state index contributed by atoms with van der Waals surface area (Å²) in [5, 5.41) is 8.85. The van der Waals surface area contributed by atoms with E-state index in [4.69, 9.17) is 17.3 Å². The smallest absolute Gasteiger partial charge is 0.395 e. The molecule has 0 bridgehead atoms. The van der Waals surface area contributed by atoms with Crippen molar-refractivity contribution in [3.8, 4) is 0 Å². The Balaban J connectivity index is 1.95. The van der Waals surface area contributed by atoms with Crippen LogP contribution in [0.4, 0.5) is 24.8 Å². The zero-order chi connectivity index (χ0) is 21.7. The molecule has 1 aromatic heterocycles. The molecule has 1 heterocycles. The number of rotatable bonds is 5. The fourth-order valence-corrected chi connectivity index (χ4v) is 2.50. The Labute approximate surface area is 173 Å². The molecule has 0 fully saturated rings. The number of nitrogens with two attached hydrogens (primary N) is 1. The SMILES string of the molecule is N/C(=C\C(=Nc1ccccc1Cl)c1ccc(C(=O)Nc2ncn[nH]2)cc1)C(F)(F)F. The standard InChI is InChI=1S/C19H14ClF3N6O/c20-13-3-1-2-4-14(13)27-15(9-16(24)19(21,22)23)11-5-7-12(8-6-11)17(30)28-18-25-10-26-29-18/h1-10H,24H2,(H2,25,26,28,29,30)/b16-9-,27-15?. The number of H-pyrrole nitrogens is 1. The van der Waals surface area contributed by atoms with Crippen LogP contribution in [0.15, 0.2) is 71.6 Å². The van der Waals surface area contributed by atoms with Gasteiger partial charge in [0, 0.05) is 11.1 Å². The molecule has 2 aromatic carbocycles. The molecule has 0 saturated carbocycles. The van der Waals surface area contributed by atoms with Gasteiger partial charge in [0.2, 0.25) is 5.95 Å². The Bertz CT molecular complexity index is 1090. The molecule has 7 nitrogen and oxygen atoms in total. The maximum Gasteiger partial charge on any atom is 0.430 e. The van der Waals surface area contributed by atoms with Crippen molar-refractivity contribution in [3.05, 3.63) is 82.8 Å². The van der Waals surface area contributed by atoms with Crippen molar-refractivity contribution in [2.45, 2.75) is 6.18 Å². The Kier molecular flexibility index (Phi) is 6.17. The second-order valence-corrected chi connectivity index (χ2v) is 6.32. The maximum absolute atomic E-state index is 13.0. The number of alkyl halides is 3. The fourth-order valence-electron chi connectivity index (χ4n) is 2.32. The number of carbonyl (C=O) groups excluding carboxylic acids is 1. The number of aromatic nitrogens is 3. The molecule has 4 N–H and O–H groups in total. The monoisotopic (exact) mass is 434 g/mol. The molecular formula is C19H14ClF3N6O. The van der Waals surface area contributed by atoms with Gasteiger partial charge in [0.25, 0.3) is 5.91 Å². The van der Waals surface area contributed by atoms with Crippen molar-refractivity contribution < 1.29 is 18.0 Å². The summed E-state index contributed by atoms with van der Waals surface area (Å²) >= 11 is 6.07. The summed E-state index contributed by atoms with van der Waals surface area (Å²) in [6.07, 6.45) is -2.78. The molecular weight excluding hydrogens is 421 g/mol. The van der Waals surface area contributed by atoms with Crippen LogP contribution in [0.5, 0.6) is 0 Å². The molecule has 0 aliphatic heterocycles. The van der Waals surface area contributed by atoms with Crippen molar-refractivity contribution in [1.82, 2.24) is 15.2 Å². The first-order chi connectivity index (χ1) is 14.2. The quantitative estimate of drug-likeness (QED) is 0.522. The molecule has 3 rings (SSSR count). The number of allylic oxidation sites excluding steroid dienone is 2. The minimum absolute atomic E-state index is 0.0693. The predicted molar refractivity (Wildman–Crippen MR) is 107 cm³/mol. The number of para-hydroxylation sites is 1. The zero-order valence-corrected chi connectivity index (χ0v) is 15.9. The molecule has 30 heavy (non-hydrogen) atoms. The molecule has 0 unspecified atom stereocenters. The number of aromatic amines is 1. The molecule has 154 valence electrons. The van der Waals surface area contributed by atoms with Crippen LogP contribution in [0.25, 0.3) is 0 Å². The summed E-state index contributed by atoms with van der Waals surface area (Å²) in [7, 11) is 0. The first-order valence-electron chi connectivity index (χ1n) is 8.39. The molecule has 1 amide bonds. The number of hydrogen-bond acceptors (Lipinski definition) is 5. The highest BCUT2D eigenvalue weighted by atomic mass is 35.5. The molecule has 0 aliphatic rings. The van der Waals surface area contributed by atoms with Crippen LogP contribution in [0.2, 0.25) is 5.02 Å². The number of nitrogens with one attached hydrogen (secondary N) is 2. The van der Waals surface area contributed by atoms with E-state index in [1.54, 1.807) is 24.3 Å². The van der Waals surface area contributed by atoms with Gasteiger partial charge in [-0.15, -0.1) is 0 Å². The van der Waals surface area contributed by atoms with Gasteiger partial charge in [0.15, 0.2) is 0 Å². The van der Waals surface area contributed by atoms with Gasteiger partial charge < -0.3 is 5.73 Å². The summed E-state index contributed by atoms with van der Waals surface area (Å²) in [5.74, 6) is -0.320. The second-order valence-electron chi connectivity index (χ2n) is 5.91. The van der Waals surface area contributed by atoms with Crippen LogP contribution in [0, 0.1) is 0 Å². The number of amides is 1. The third-order valence-corrected chi connectivity index (χ3v) is 4.12. The highest BCUT2D eigenvalue weighted by molar-refractivity contribution is 6.33. The van der Waals surface area contributed by atoms with E-state index < -0.39 is 17.8 Å². The number of halogens is 4. The lowest BCUT2D eigenvalue weighted by Crippen LogP contribution is -2.21. The highest BCUT2D eigenvalue weighted by Gasteiger charge is 2.31.